The van der Waals surface area contributed by atoms with Crippen molar-refractivity contribution in [2.75, 3.05) is 31.1 Å². The number of nitrogens with zero attached hydrogens (tertiary/aromatic N) is 4. The standard InChI is InChI=1S/C15H17ClN4/c16-13-4-5-15(18-11-13)20-9-7-19(8-10-20)12-14-3-1-2-6-17-14/h1-6,11H,7-10,12H2. The quantitative estimate of drug-likeness (QED) is 0.868. The summed E-state index contributed by atoms with van der Waals surface area (Å²) in [5.74, 6) is 1.01. The fourth-order valence-electron chi connectivity index (χ4n) is 2.41. The SMILES string of the molecule is Clc1ccc(N2CCN(Cc3ccccn3)CC2)nc1. The van der Waals surface area contributed by atoms with Gasteiger partial charge in [-0.3, -0.25) is 9.88 Å². The van der Waals surface area contributed by atoms with E-state index in [-0.39, 0.29) is 0 Å². The summed E-state index contributed by atoms with van der Waals surface area (Å²) < 4.78 is 0. The lowest BCUT2D eigenvalue weighted by molar-refractivity contribution is 0.246. The largest absolute Gasteiger partial charge is 0.354 e. The van der Waals surface area contributed by atoms with Crippen LogP contribution >= 0.6 is 11.6 Å². The molecule has 0 aromatic carbocycles. The van der Waals surface area contributed by atoms with Gasteiger partial charge in [0.25, 0.3) is 0 Å². The first-order valence-electron chi connectivity index (χ1n) is 6.80. The maximum Gasteiger partial charge on any atom is 0.128 e. The lowest BCUT2D eigenvalue weighted by Crippen LogP contribution is -2.46. The lowest BCUT2D eigenvalue weighted by Gasteiger charge is -2.35. The smallest absolute Gasteiger partial charge is 0.128 e. The van der Waals surface area contributed by atoms with Gasteiger partial charge in [-0.05, 0) is 24.3 Å². The van der Waals surface area contributed by atoms with Gasteiger partial charge in [0.15, 0.2) is 0 Å². The summed E-state index contributed by atoms with van der Waals surface area (Å²) in [5, 5.41) is 0.683. The Kier molecular flexibility index (Phi) is 4.14. The molecule has 2 aromatic heterocycles. The second-order valence-corrected chi connectivity index (χ2v) is 5.36. The molecule has 3 heterocycles. The zero-order chi connectivity index (χ0) is 13.8. The molecule has 1 saturated heterocycles. The number of anilines is 1. The van der Waals surface area contributed by atoms with Crippen LogP contribution in [-0.2, 0) is 6.54 Å². The Morgan fingerprint density at radius 2 is 1.85 bits per heavy atom. The molecule has 5 heteroatoms. The molecule has 0 aliphatic carbocycles. The molecular formula is C15H17ClN4. The number of aromatic nitrogens is 2. The van der Waals surface area contributed by atoms with E-state index in [0.29, 0.717) is 5.02 Å². The number of hydrogen-bond donors (Lipinski definition) is 0. The van der Waals surface area contributed by atoms with Crippen LogP contribution in [0.15, 0.2) is 42.7 Å². The van der Waals surface area contributed by atoms with Crippen molar-refractivity contribution >= 4 is 17.4 Å². The molecule has 0 N–H and O–H groups in total. The Balaban J connectivity index is 1.55. The normalized spacial score (nSPS) is 16.4. The maximum absolute atomic E-state index is 5.87. The average Bonchev–Trinajstić information content (AvgIpc) is 2.50. The van der Waals surface area contributed by atoms with Gasteiger partial charge in [-0.2, -0.15) is 0 Å². The van der Waals surface area contributed by atoms with Crippen LogP contribution in [0, 0.1) is 0 Å². The summed E-state index contributed by atoms with van der Waals surface area (Å²) in [6, 6.07) is 9.94. The molecule has 0 amide bonds. The topological polar surface area (TPSA) is 32.3 Å². The van der Waals surface area contributed by atoms with Gasteiger partial charge < -0.3 is 4.90 Å². The lowest BCUT2D eigenvalue weighted by atomic mass is 10.2. The maximum atomic E-state index is 5.87. The molecule has 0 bridgehead atoms. The molecular weight excluding hydrogens is 272 g/mol. The number of rotatable bonds is 3. The molecule has 4 nitrogen and oxygen atoms in total. The van der Waals surface area contributed by atoms with E-state index in [1.807, 2.05) is 30.5 Å². The summed E-state index contributed by atoms with van der Waals surface area (Å²) >= 11 is 5.87. The Hall–Kier alpha value is -1.65. The third kappa shape index (κ3) is 3.26. The van der Waals surface area contributed by atoms with Crippen LogP contribution in [0.4, 0.5) is 5.82 Å². The van der Waals surface area contributed by atoms with Crippen LogP contribution in [0.1, 0.15) is 5.69 Å². The fraction of sp³-hybridized carbons (Fsp3) is 0.333. The number of piperazine rings is 1. The van der Waals surface area contributed by atoms with E-state index in [4.69, 9.17) is 11.6 Å². The van der Waals surface area contributed by atoms with E-state index in [9.17, 15) is 0 Å². The molecule has 104 valence electrons. The van der Waals surface area contributed by atoms with E-state index in [1.54, 1.807) is 6.20 Å². The van der Waals surface area contributed by atoms with Gasteiger partial charge in [0.2, 0.25) is 0 Å². The monoisotopic (exact) mass is 288 g/mol. The molecule has 0 unspecified atom stereocenters. The van der Waals surface area contributed by atoms with Crippen molar-refractivity contribution in [1.29, 1.82) is 0 Å². The highest BCUT2D eigenvalue weighted by molar-refractivity contribution is 6.30. The molecule has 1 fully saturated rings. The van der Waals surface area contributed by atoms with E-state index >= 15 is 0 Å². The Morgan fingerprint density at radius 1 is 1.00 bits per heavy atom. The van der Waals surface area contributed by atoms with Gasteiger partial charge in [0, 0.05) is 45.1 Å². The first kappa shape index (κ1) is 13.3. The first-order valence-corrected chi connectivity index (χ1v) is 7.18. The van der Waals surface area contributed by atoms with Crippen LogP contribution in [0.25, 0.3) is 0 Å². The molecule has 1 aliphatic rings. The minimum absolute atomic E-state index is 0.683. The molecule has 20 heavy (non-hydrogen) atoms. The highest BCUT2D eigenvalue weighted by Gasteiger charge is 2.18. The number of hydrogen-bond acceptors (Lipinski definition) is 4. The number of pyridine rings is 2. The van der Waals surface area contributed by atoms with Crippen molar-refractivity contribution in [3.05, 3.63) is 53.4 Å². The third-order valence-electron chi connectivity index (χ3n) is 3.52. The van der Waals surface area contributed by atoms with Crippen molar-refractivity contribution in [2.24, 2.45) is 0 Å². The predicted molar refractivity (Wildman–Crippen MR) is 81.0 cm³/mol. The van der Waals surface area contributed by atoms with Crippen LogP contribution in [0.2, 0.25) is 5.02 Å². The van der Waals surface area contributed by atoms with Gasteiger partial charge in [-0.25, -0.2) is 4.98 Å². The molecule has 0 atom stereocenters. The minimum Gasteiger partial charge on any atom is -0.354 e. The van der Waals surface area contributed by atoms with Gasteiger partial charge in [0.1, 0.15) is 5.82 Å². The summed E-state index contributed by atoms with van der Waals surface area (Å²) in [4.78, 5) is 13.5. The van der Waals surface area contributed by atoms with Crippen LogP contribution in [-0.4, -0.2) is 41.0 Å². The Bertz CT molecular complexity index is 536. The summed E-state index contributed by atoms with van der Waals surface area (Å²) in [7, 11) is 0. The van der Waals surface area contributed by atoms with Crippen molar-refractivity contribution in [3.63, 3.8) is 0 Å². The molecule has 0 spiro atoms. The zero-order valence-corrected chi connectivity index (χ0v) is 12.0. The summed E-state index contributed by atoms with van der Waals surface area (Å²) in [6.07, 6.45) is 3.56. The van der Waals surface area contributed by atoms with Crippen LogP contribution < -0.4 is 4.90 Å². The van der Waals surface area contributed by atoms with Crippen molar-refractivity contribution in [3.8, 4) is 0 Å². The highest BCUT2D eigenvalue weighted by atomic mass is 35.5. The Labute approximate surface area is 124 Å². The second-order valence-electron chi connectivity index (χ2n) is 4.92. The van der Waals surface area contributed by atoms with Gasteiger partial charge in [-0.15, -0.1) is 0 Å². The molecule has 0 radical (unpaired) electrons. The minimum atomic E-state index is 0.683. The summed E-state index contributed by atoms with van der Waals surface area (Å²) in [5.41, 5.74) is 1.13. The Morgan fingerprint density at radius 3 is 2.50 bits per heavy atom. The average molecular weight is 289 g/mol. The van der Waals surface area contributed by atoms with Crippen molar-refractivity contribution < 1.29 is 0 Å². The van der Waals surface area contributed by atoms with Crippen LogP contribution in [0.3, 0.4) is 0 Å². The van der Waals surface area contributed by atoms with Crippen LogP contribution in [0.5, 0.6) is 0 Å². The molecule has 1 aliphatic heterocycles. The van der Waals surface area contributed by atoms with E-state index in [2.05, 4.69) is 25.8 Å². The second kappa shape index (κ2) is 6.20. The zero-order valence-electron chi connectivity index (χ0n) is 11.2. The predicted octanol–water partition coefficient (Wildman–Crippen LogP) is 2.45. The fourth-order valence-corrected chi connectivity index (χ4v) is 2.52. The van der Waals surface area contributed by atoms with Gasteiger partial charge >= 0.3 is 0 Å². The van der Waals surface area contributed by atoms with Crippen molar-refractivity contribution in [2.45, 2.75) is 6.54 Å². The van der Waals surface area contributed by atoms with Gasteiger partial charge in [-0.1, -0.05) is 17.7 Å². The van der Waals surface area contributed by atoms with E-state index < -0.39 is 0 Å². The summed E-state index contributed by atoms with van der Waals surface area (Å²) in [6.45, 7) is 4.95. The third-order valence-corrected chi connectivity index (χ3v) is 3.74. The van der Waals surface area contributed by atoms with Crippen molar-refractivity contribution in [1.82, 2.24) is 14.9 Å². The molecule has 2 aromatic rings. The number of halogens is 1. The van der Waals surface area contributed by atoms with E-state index in [1.165, 1.54) is 0 Å². The first-order chi connectivity index (χ1) is 9.81. The molecule has 0 saturated carbocycles. The van der Waals surface area contributed by atoms with E-state index in [0.717, 1.165) is 44.2 Å². The highest BCUT2D eigenvalue weighted by Crippen LogP contribution is 2.16. The van der Waals surface area contributed by atoms with Gasteiger partial charge in [0.05, 0.1) is 10.7 Å². The molecule has 3 rings (SSSR count).